The Morgan fingerprint density at radius 3 is 2.60 bits per heavy atom. The minimum atomic E-state index is -0.299. The van der Waals surface area contributed by atoms with E-state index in [-0.39, 0.29) is 12.4 Å². The van der Waals surface area contributed by atoms with E-state index in [2.05, 4.69) is 11.1 Å². The summed E-state index contributed by atoms with van der Waals surface area (Å²) in [5.41, 5.74) is 2.95. The van der Waals surface area contributed by atoms with Gasteiger partial charge in [-0.15, -0.1) is 0 Å². The summed E-state index contributed by atoms with van der Waals surface area (Å²) in [4.78, 5) is 15.6. The average Bonchev–Trinajstić information content (AvgIpc) is 3.00. The molecule has 4 heteroatoms. The zero-order chi connectivity index (χ0) is 17.2. The smallest absolute Gasteiger partial charge is 0.315 e. The van der Waals surface area contributed by atoms with Gasteiger partial charge in [0.25, 0.3) is 0 Å². The van der Waals surface area contributed by atoms with Gasteiger partial charge in [-0.2, -0.15) is 0 Å². The lowest BCUT2D eigenvalue weighted by Crippen LogP contribution is -2.11. The molecule has 124 valence electrons. The summed E-state index contributed by atoms with van der Waals surface area (Å²) in [6, 6.07) is 21.1. The van der Waals surface area contributed by atoms with Gasteiger partial charge < -0.3 is 14.5 Å². The predicted octanol–water partition coefficient (Wildman–Crippen LogP) is 4.48. The molecule has 0 amide bonds. The van der Waals surface area contributed by atoms with Crippen LogP contribution in [0.15, 0.2) is 66.7 Å². The first-order chi connectivity index (χ1) is 12.2. The van der Waals surface area contributed by atoms with Crippen LogP contribution in [0.2, 0.25) is 0 Å². The molecule has 25 heavy (non-hydrogen) atoms. The number of para-hydroxylation sites is 1. The topological polar surface area (TPSA) is 51.3 Å². The van der Waals surface area contributed by atoms with Gasteiger partial charge >= 0.3 is 5.97 Å². The Morgan fingerprint density at radius 1 is 0.880 bits per heavy atom. The number of fused-ring (bicyclic) bond motifs is 3. The standard InChI is InChI=1S/C21H17NO3/c1-24-15-6-4-5-14(11-15)12-21(23)25-16-9-10-20-18(13-16)17-7-2-3-8-19(17)22-20/h2-11,13,22H,12H2,1H3. The fraction of sp³-hybridized carbons (Fsp3) is 0.0952. The van der Waals surface area contributed by atoms with E-state index in [0.29, 0.717) is 5.75 Å². The lowest BCUT2D eigenvalue weighted by atomic mass is 10.1. The van der Waals surface area contributed by atoms with Gasteiger partial charge in [0, 0.05) is 21.8 Å². The highest BCUT2D eigenvalue weighted by molar-refractivity contribution is 6.07. The molecule has 0 saturated carbocycles. The number of ether oxygens (including phenoxy) is 2. The third-order valence-corrected chi connectivity index (χ3v) is 4.19. The van der Waals surface area contributed by atoms with Crippen LogP contribution in [0, 0.1) is 0 Å². The molecule has 0 fully saturated rings. The van der Waals surface area contributed by atoms with Gasteiger partial charge in [0.15, 0.2) is 0 Å². The maximum atomic E-state index is 12.2. The number of methoxy groups -OCH3 is 1. The number of carbonyl (C=O) groups is 1. The molecule has 1 aromatic heterocycles. The van der Waals surface area contributed by atoms with Crippen LogP contribution in [0.25, 0.3) is 21.8 Å². The van der Waals surface area contributed by atoms with E-state index < -0.39 is 0 Å². The van der Waals surface area contributed by atoms with Crippen LogP contribution in [0.1, 0.15) is 5.56 Å². The largest absolute Gasteiger partial charge is 0.497 e. The molecule has 0 aliphatic carbocycles. The van der Waals surface area contributed by atoms with Crippen LogP contribution in [-0.2, 0) is 11.2 Å². The quantitative estimate of drug-likeness (QED) is 0.443. The highest BCUT2D eigenvalue weighted by Gasteiger charge is 2.10. The first-order valence-electron chi connectivity index (χ1n) is 8.07. The number of nitrogens with one attached hydrogen (secondary N) is 1. The second kappa shape index (κ2) is 6.32. The van der Waals surface area contributed by atoms with Crippen LogP contribution < -0.4 is 9.47 Å². The van der Waals surface area contributed by atoms with Crippen LogP contribution in [0.4, 0.5) is 0 Å². The summed E-state index contributed by atoms with van der Waals surface area (Å²) in [5.74, 6) is 0.975. The number of benzene rings is 3. The van der Waals surface area contributed by atoms with Gasteiger partial charge in [-0.1, -0.05) is 30.3 Å². The SMILES string of the molecule is COc1cccc(CC(=O)Oc2ccc3[nH]c4ccccc4c3c2)c1. The number of aromatic nitrogens is 1. The van der Waals surface area contributed by atoms with E-state index in [0.717, 1.165) is 33.1 Å². The predicted molar refractivity (Wildman–Crippen MR) is 98.1 cm³/mol. The van der Waals surface area contributed by atoms with Gasteiger partial charge in [0.1, 0.15) is 11.5 Å². The molecule has 1 heterocycles. The highest BCUT2D eigenvalue weighted by atomic mass is 16.5. The molecule has 0 radical (unpaired) electrons. The summed E-state index contributed by atoms with van der Waals surface area (Å²) < 4.78 is 10.7. The van der Waals surface area contributed by atoms with Crippen LogP contribution >= 0.6 is 0 Å². The Balaban J connectivity index is 1.57. The zero-order valence-corrected chi connectivity index (χ0v) is 13.8. The molecular weight excluding hydrogens is 314 g/mol. The monoisotopic (exact) mass is 331 g/mol. The van der Waals surface area contributed by atoms with Crippen LogP contribution in [0.5, 0.6) is 11.5 Å². The molecule has 0 bridgehead atoms. The molecule has 4 rings (SSSR count). The first kappa shape index (κ1) is 15.3. The highest BCUT2D eigenvalue weighted by Crippen LogP contribution is 2.28. The minimum Gasteiger partial charge on any atom is -0.497 e. The zero-order valence-electron chi connectivity index (χ0n) is 13.8. The van der Waals surface area contributed by atoms with Crippen molar-refractivity contribution in [2.75, 3.05) is 7.11 Å². The van der Waals surface area contributed by atoms with Crippen LogP contribution in [0.3, 0.4) is 0 Å². The maximum absolute atomic E-state index is 12.2. The maximum Gasteiger partial charge on any atom is 0.315 e. The van der Waals surface area contributed by atoms with Crippen molar-refractivity contribution in [1.29, 1.82) is 0 Å². The molecule has 3 aromatic carbocycles. The molecule has 0 spiro atoms. The normalized spacial score (nSPS) is 10.9. The Morgan fingerprint density at radius 2 is 1.72 bits per heavy atom. The molecular formula is C21H17NO3. The molecule has 4 nitrogen and oxygen atoms in total. The van der Waals surface area contributed by atoms with Crippen molar-refractivity contribution in [3.63, 3.8) is 0 Å². The molecule has 4 aromatic rings. The lowest BCUT2D eigenvalue weighted by molar-refractivity contribution is -0.133. The number of aromatic amines is 1. The van der Waals surface area contributed by atoms with Gasteiger partial charge in [0.2, 0.25) is 0 Å². The third kappa shape index (κ3) is 3.06. The summed E-state index contributed by atoms with van der Waals surface area (Å²) >= 11 is 0. The van der Waals surface area contributed by atoms with Gasteiger partial charge in [-0.05, 0) is 42.0 Å². The Bertz CT molecular complexity index is 1070. The number of hydrogen-bond acceptors (Lipinski definition) is 3. The first-order valence-corrected chi connectivity index (χ1v) is 8.07. The van der Waals surface area contributed by atoms with Crippen molar-refractivity contribution >= 4 is 27.8 Å². The number of hydrogen-bond donors (Lipinski definition) is 1. The van der Waals surface area contributed by atoms with E-state index in [1.54, 1.807) is 13.2 Å². The Kier molecular flexibility index (Phi) is 3.86. The van der Waals surface area contributed by atoms with Gasteiger partial charge in [0.05, 0.1) is 13.5 Å². The summed E-state index contributed by atoms with van der Waals surface area (Å²) in [7, 11) is 1.61. The Labute approximate surface area is 145 Å². The number of rotatable bonds is 4. The van der Waals surface area contributed by atoms with Crippen molar-refractivity contribution < 1.29 is 14.3 Å². The lowest BCUT2D eigenvalue weighted by Gasteiger charge is -2.06. The average molecular weight is 331 g/mol. The van der Waals surface area contributed by atoms with E-state index >= 15 is 0 Å². The van der Waals surface area contributed by atoms with E-state index in [1.807, 2.05) is 54.6 Å². The summed E-state index contributed by atoms with van der Waals surface area (Å²) in [6.45, 7) is 0. The van der Waals surface area contributed by atoms with E-state index in [1.165, 1.54) is 0 Å². The number of esters is 1. The Hall–Kier alpha value is -3.27. The summed E-state index contributed by atoms with van der Waals surface area (Å²) in [5, 5.41) is 2.16. The van der Waals surface area contributed by atoms with Crippen molar-refractivity contribution in [2.24, 2.45) is 0 Å². The van der Waals surface area contributed by atoms with Crippen LogP contribution in [-0.4, -0.2) is 18.1 Å². The molecule has 0 atom stereocenters. The van der Waals surface area contributed by atoms with Gasteiger partial charge in [-0.3, -0.25) is 4.79 Å². The van der Waals surface area contributed by atoms with E-state index in [4.69, 9.17) is 9.47 Å². The number of carbonyl (C=O) groups excluding carboxylic acids is 1. The second-order valence-electron chi connectivity index (χ2n) is 5.88. The third-order valence-electron chi connectivity index (χ3n) is 4.19. The van der Waals surface area contributed by atoms with Crippen molar-refractivity contribution in [1.82, 2.24) is 4.98 Å². The van der Waals surface area contributed by atoms with Crippen molar-refractivity contribution in [3.8, 4) is 11.5 Å². The second-order valence-corrected chi connectivity index (χ2v) is 5.88. The van der Waals surface area contributed by atoms with Gasteiger partial charge in [-0.25, -0.2) is 0 Å². The summed E-state index contributed by atoms with van der Waals surface area (Å²) in [6.07, 6.45) is 0.198. The van der Waals surface area contributed by atoms with Crippen molar-refractivity contribution in [2.45, 2.75) is 6.42 Å². The molecule has 0 saturated heterocycles. The fourth-order valence-corrected chi connectivity index (χ4v) is 3.01. The van der Waals surface area contributed by atoms with Crippen molar-refractivity contribution in [3.05, 3.63) is 72.3 Å². The fourth-order valence-electron chi connectivity index (χ4n) is 3.01. The molecule has 1 N–H and O–H groups in total. The molecule has 0 aliphatic heterocycles. The minimum absolute atomic E-state index is 0.198. The molecule has 0 aliphatic rings. The molecule has 0 unspecified atom stereocenters. The van der Waals surface area contributed by atoms with E-state index in [9.17, 15) is 4.79 Å². The number of H-pyrrole nitrogens is 1.